The third kappa shape index (κ3) is 2.40. The van der Waals surface area contributed by atoms with Gasteiger partial charge in [0.15, 0.2) is 0 Å². The van der Waals surface area contributed by atoms with Gasteiger partial charge in [0.1, 0.15) is 5.54 Å². The topological polar surface area (TPSA) is 55.6 Å². The van der Waals surface area contributed by atoms with E-state index >= 15 is 0 Å². The molecule has 1 aliphatic rings. The molecule has 2 rings (SSSR count). The molecule has 0 saturated carbocycles. The van der Waals surface area contributed by atoms with E-state index in [1.165, 1.54) is 0 Å². The Morgan fingerprint density at radius 2 is 1.94 bits per heavy atom. The average molecular weight is 248 g/mol. The number of likely N-dealkylation sites (N-methyl/N-ethyl adjacent to an activating group) is 1. The fourth-order valence-corrected chi connectivity index (χ4v) is 2.34. The summed E-state index contributed by atoms with van der Waals surface area (Å²) >= 11 is 0. The van der Waals surface area contributed by atoms with E-state index in [1.54, 1.807) is 11.9 Å². The first-order valence-corrected chi connectivity index (χ1v) is 6.15. The minimum atomic E-state index is -0.869. The summed E-state index contributed by atoms with van der Waals surface area (Å²) in [4.78, 5) is 14.0. The maximum Gasteiger partial charge on any atom is 0.249 e. The lowest BCUT2D eigenvalue weighted by atomic mass is 9.98. The van der Waals surface area contributed by atoms with Crippen LogP contribution in [-0.2, 0) is 9.53 Å². The van der Waals surface area contributed by atoms with E-state index in [9.17, 15) is 4.79 Å². The lowest BCUT2D eigenvalue weighted by Crippen LogP contribution is -2.55. The van der Waals surface area contributed by atoms with E-state index in [-0.39, 0.29) is 5.91 Å². The molecular weight excluding hydrogens is 228 g/mol. The highest BCUT2D eigenvalue weighted by molar-refractivity contribution is 6.00. The van der Waals surface area contributed by atoms with E-state index in [1.807, 2.05) is 26.0 Å². The predicted molar refractivity (Wildman–Crippen MR) is 71.7 cm³/mol. The molecule has 1 unspecified atom stereocenters. The van der Waals surface area contributed by atoms with Gasteiger partial charge in [-0.25, -0.2) is 0 Å². The highest BCUT2D eigenvalue weighted by Gasteiger charge is 2.40. The van der Waals surface area contributed by atoms with Crippen molar-refractivity contribution in [3.05, 3.63) is 29.3 Å². The molecule has 1 aliphatic heterocycles. The molecule has 0 bridgehead atoms. The Labute approximate surface area is 108 Å². The molecular formula is C14H20N2O2. The van der Waals surface area contributed by atoms with Crippen molar-refractivity contribution < 1.29 is 9.53 Å². The van der Waals surface area contributed by atoms with Gasteiger partial charge < -0.3 is 15.4 Å². The van der Waals surface area contributed by atoms with Crippen LogP contribution in [0.1, 0.15) is 17.5 Å². The van der Waals surface area contributed by atoms with Gasteiger partial charge in [0.2, 0.25) is 5.91 Å². The van der Waals surface area contributed by atoms with E-state index in [0.717, 1.165) is 16.8 Å². The third-order valence-corrected chi connectivity index (χ3v) is 3.38. The molecule has 18 heavy (non-hydrogen) atoms. The van der Waals surface area contributed by atoms with Crippen molar-refractivity contribution in [1.82, 2.24) is 0 Å². The lowest BCUT2D eigenvalue weighted by Gasteiger charge is -2.28. The van der Waals surface area contributed by atoms with Gasteiger partial charge in [-0.1, -0.05) is 6.07 Å². The number of nitrogens with zero attached hydrogens (tertiary/aromatic N) is 1. The lowest BCUT2D eigenvalue weighted by molar-refractivity contribution is -0.123. The van der Waals surface area contributed by atoms with E-state index in [2.05, 4.69) is 6.07 Å². The number of anilines is 1. The van der Waals surface area contributed by atoms with Gasteiger partial charge in [0, 0.05) is 19.3 Å². The maximum absolute atomic E-state index is 12.4. The Kier molecular flexibility index (Phi) is 3.41. The predicted octanol–water partition coefficient (Wildman–Crippen LogP) is 1.38. The second-order valence-corrected chi connectivity index (χ2v) is 5.17. The molecule has 4 nitrogen and oxygen atoms in total. The quantitative estimate of drug-likeness (QED) is 0.860. The first-order valence-electron chi connectivity index (χ1n) is 6.15. The minimum absolute atomic E-state index is 0.0787. The number of hydrogen-bond donors (Lipinski definition) is 1. The van der Waals surface area contributed by atoms with Crippen LogP contribution in [0.3, 0.4) is 0 Å². The molecule has 2 N–H and O–H groups in total. The molecule has 1 heterocycles. The molecule has 1 atom stereocenters. The number of carbonyl (C=O) groups is 1. The first kappa shape index (κ1) is 13.1. The highest BCUT2D eigenvalue weighted by Crippen LogP contribution is 2.23. The Morgan fingerprint density at radius 1 is 1.33 bits per heavy atom. The maximum atomic E-state index is 12.4. The standard InChI is InChI=1S/C14H20N2O2/c1-10-6-11(2)8-12(7-10)16(3)13(17)14(15)4-5-18-9-14/h6-8H,4-5,9,15H2,1-3H3. The number of rotatable bonds is 2. The summed E-state index contributed by atoms with van der Waals surface area (Å²) in [6.07, 6.45) is 0.584. The summed E-state index contributed by atoms with van der Waals surface area (Å²) in [6.45, 7) is 4.90. The van der Waals surface area contributed by atoms with Crippen molar-refractivity contribution in [3.63, 3.8) is 0 Å². The van der Waals surface area contributed by atoms with Crippen LogP contribution in [0, 0.1) is 13.8 Å². The Hall–Kier alpha value is -1.39. The van der Waals surface area contributed by atoms with Crippen molar-refractivity contribution >= 4 is 11.6 Å². The number of amides is 1. The van der Waals surface area contributed by atoms with Gasteiger partial charge in [-0.2, -0.15) is 0 Å². The van der Waals surface area contributed by atoms with E-state index in [4.69, 9.17) is 10.5 Å². The van der Waals surface area contributed by atoms with Gasteiger partial charge in [-0.15, -0.1) is 0 Å². The SMILES string of the molecule is Cc1cc(C)cc(N(C)C(=O)C2(N)CCOC2)c1. The van der Waals surface area contributed by atoms with Gasteiger partial charge in [0.25, 0.3) is 0 Å². The van der Waals surface area contributed by atoms with Crippen LogP contribution in [-0.4, -0.2) is 31.7 Å². The van der Waals surface area contributed by atoms with Crippen LogP contribution < -0.4 is 10.6 Å². The average Bonchev–Trinajstić information content (AvgIpc) is 2.74. The molecule has 0 spiro atoms. The number of aryl methyl sites for hydroxylation is 2. The number of benzene rings is 1. The second-order valence-electron chi connectivity index (χ2n) is 5.17. The third-order valence-electron chi connectivity index (χ3n) is 3.38. The molecule has 1 aromatic carbocycles. The summed E-state index contributed by atoms with van der Waals surface area (Å²) < 4.78 is 5.24. The number of ether oxygens (including phenoxy) is 1. The molecule has 0 aliphatic carbocycles. The zero-order valence-corrected chi connectivity index (χ0v) is 11.2. The summed E-state index contributed by atoms with van der Waals surface area (Å²) in [5.74, 6) is -0.0787. The summed E-state index contributed by atoms with van der Waals surface area (Å²) in [6, 6.07) is 6.06. The summed E-state index contributed by atoms with van der Waals surface area (Å²) in [7, 11) is 1.77. The van der Waals surface area contributed by atoms with E-state index < -0.39 is 5.54 Å². The van der Waals surface area contributed by atoms with Crippen molar-refractivity contribution in [2.75, 3.05) is 25.2 Å². The highest BCUT2D eigenvalue weighted by atomic mass is 16.5. The van der Waals surface area contributed by atoms with Crippen LogP contribution in [0.15, 0.2) is 18.2 Å². The van der Waals surface area contributed by atoms with Crippen LogP contribution in [0.2, 0.25) is 0 Å². The largest absolute Gasteiger partial charge is 0.379 e. The summed E-state index contributed by atoms with van der Waals surface area (Å²) in [5, 5.41) is 0. The Balaban J connectivity index is 2.25. The smallest absolute Gasteiger partial charge is 0.249 e. The van der Waals surface area contributed by atoms with Crippen LogP contribution in [0.5, 0.6) is 0 Å². The zero-order valence-electron chi connectivity index (χ0n) is 11.2. The van der Waals surface area contributed by atoms with Crippen LogP contribution >= 0.6 is 0 Å². The second kappa shape index (κ2) is 4.71. The number of nitrogens with two attached hydrogens (primary N) is 1. The molecule has 1 amide bonds. The fourth-order valence-electron chi connectivity index (χ4n) is 2.34. The molecule has 1 fully saturated rings. The van der Waals surface area contributed by atoms with Crippen molar-refractivity contribution in [2.45, 2.75) is 25.8 Å². The molecule has 4 heteroatoms. The number of hydrogen-bond acceptors (Lipinski definition) is 3. The molecule has 0 aromatic heterocycles. The minimum Gasteiger partial charge on any atom is -0.379 e. The van der Waals surface area contributed by atoms with Gasteiger partial charge in [-0.3, -0.25) is 4.79 Å². The van der Waals surface area contributed by atoms with Gasteiger partial charge in [-0.05, 0) is 43.5 Å². The van der Waals surface area contributed by atoms with Gasteiger partial charge >= 0.3 is 0 Å². The normalized spacial score (nSPS) is 23.1. The summed E-state index contributed by atoms with van der Waals surface area (Å²) in [5.41, 5.74) is 8.39. The fraction of sp³-hybridized carbons (Fsp3) is 0.500. The molecule has 1 saturated heterocycles. The Morgan fingerprint density at radius 3 is 2.44 bits per heavy atom. The number of carbonyl (C=O) groups excluding carboxylic acids is 1. The molecule has 1 aromatic rings. The Bertz CT molecular complexity index is 445. The monoisotopic (exact) mass is 248 g/mol. The molecule has 0 radical (unpaired) electrons. The van der Waals surface area contributed by atoms with Crippen LogP contribution in [0.4, 0.5) is 5.69 Å². The van der Waals surface area contributed by atoms with Crippen molar-refractivity contribution in [3.8, 4) is 0 Å². The van der Waals surface area contributed by atoms with Gasteiger partial charge in [0.05, 0.1) is 6.61 Å². The molecule has 98 valence electrons. The van der Waals surface area contributed by atoms with E-state index in [0.29, 0.717) is 19.6 Å². The van der Waals surface area contributed by atoms with Crippen molar-refractivity contribution in [2.24, 2.45) is 5.73 Å². The van der Waals surface area contributed by atoms with Crippen molar-refractivity contribution in [1.29, 1.82) is 0 Å². The van der Waals surface area contributed by atoms with Crippen LogP contribution in [0.25, 0.3) is 0 Å². The zero-order chi connectivity index (χ0) is 13.3. The first-order chi connectivity index (χ1) is 8.42.